The maximum Gasteiger partial charge on any atom is 0.0440 e. The summed E-state index contributed by atoms with van der Waals surface area (Å²) in [5, 5.41) is 4.38. The molecular weight excluding hydrogens is 206 g/mol. The van der Waals surface area contributed by atoms with Crippen molar-refractivity contribution in [1.29, 1.82) is 0 Å². The summed E-state index contributed by atoms with van der Waals surface area (Å²) in [6, 6.07) is 6.18. The van der Waals surface area contributed by atoms with Crippen LogP contribution in [0.2, 0.25) is 5.02 Å². The average Bonchev–Trinajstić information content (AvgIpc) is 2.25. The lowest BCUT2D eigenvalue weighted by molar-refractivity contribution is 0.375. The van der Waals surface area contributed by atoms with Crippen molar-refractivity contribution in [2.75, 3.05) is 13.1 Å². The zero-order valence-corrected chi connectivity index (χ0v) is 9.98. The summed E-state index contributed by atoms with van der Waals surface area (Å²) < 4.78 is 0. The molecule has 1 nitrogen and oxygen atoms in total. The van der Waals surface area contributed by atoms with E-state index < -0.39 is 0 Å². The second kappa shape index (κ2) is 5.00. The van der Waals surface area contributed by atoms with Crippen molar-refractivity contribution in [2.45, 2.75) is 26.2 Å². The van der Waals surface area contributed by atoms with Gasteiger partial charge in [0.1, 0.15) is 0 Å². The topological polar surface area (TPSA) is 12.0 Å². The van der Waals surface area contributed by atoms with E-state index in [4.69, 9.17) is 11.6 Å². The van der Waals surface area contributed by atoms with Crippen LogP contribution in [-0.2, 0) is 6.42 Å². The van der Waals surface area contributed by atoms with Crippen molar-refractivity contribution < 1.29 is 0 Å². The molecule has 0 aromatic heterocycles. The van der Waals surface area contributed by atoms with Gasteiger partial charge in [0.05, 0.1) is 0 Å². The smallest absolute Gasteiger partial charge is 0.0440 e. The standard InChI is InChI=1S/C13H18ClN/c1-10-4-2-6-13(14)12(10)8-11-5-3-7-15-9-11/h2,4,6,11,15H,3,5,7-9H2,1H3. The fraction of sp³-hybridized carbons (Fsp3) is 0.538. The van der Waals surface area contributed by atoms with Crippen molar-refractivity contribution in [2.24, 2.45) is 5.92 Å². The van der Waals surface area contributed by atoms with Gasteiger partial charge in [0.25, 0.3) is 0 Å². The van der Waals surface area contributed by atoms with Crippen LogP contribution in [0.1, 0.15) is 24.0 Å². The van der Waals surface area contributed by atoms with E-state index in [2.05, 4.69) is 18.3 Å². The van der Waals surface area contributed by atoms with Crippen LogP contribution in [0.3, 0.4) is 0 Å². The minimum absolute atomic E-state index is 0.761. The number of hydrogen-bond donors (Lipinski definition) is 1. The normalized spacial score (nSPS) is 21.6. The van der Waals surface area contributed by atoms with Crippen LogP contribution in [-0.4, -0.2) is 13.1 Å². The Kier molecular flexibility index (Phi) is 3.66. The quantitative estimate of drug-likeness (QED) is 0.812. The molecule has 15 heavy (non-hydrogen) atoms. The van der Waals surface area contributed by atoms with Crippen LogP contribution < -0.4 is 5.32 Å². The predicted molar refractivity (Wildman–Crippen MR) is 65.5 cm³/mol. The maximum absolute atomic E-state index is 6.23. The molecule has 0 amide bonds. The fourth-order valence-electron chi connectivity index (χ4n) is 2.31. The van der Waals surface area contributed by atoms with Crippen molar-refractivity contribution in [3.8, 4) is 0 Å². The molecule has 1 aromatic carbocycles. The zero-order valence-electron chi connectivity index (χ0n) is 9.22. The van der Waals surface area contributed by atoms with Crippen LogP contribution in [0.5, 0.6) is 0 Å². The van der Waals surface area contributed by atoms with Gasteiger partial charge in [0.15, 0.2) is 0 Å². The molecule has 0 spiro atoms. The number of nitrogens with one attached hydrogen (secondary N) is 1. The first-order valence-electron chi connectivity index (χ1n) is 5.72. The summed E-state index contributed by atoms with van der Waals surface area (Å²) in [4.78, 5) is 0. The molecule has 0 aliphatic carbocycles. The highest BCUT2D eigenvalue weighted by molar-refractivity contribution is 6.31. The lowest BCUT2D eigenvalue weighted by Gasteiger charge is -2.23. The third kappa shape index (κ3) is 2.73. The summed E-state index contributed by atoms with van der Waals surface area (Å²) in [5.74, 6) is 0.761. The molecule has 0 radical (unpaired) electrons. The first-order chi connectivity index (χ1) is 7.27. The maximum atomic E-state index is 6.23. The van der Waals surface area contributed by atoms with E-state index in [1.807, 2.05) is 12.1 Å². The number of rotatable bonds is 2. The summed E-state index contributed by atoms with van der Waals surface area (Å²) in [6.07, 6.45) is 3.75. The molecule has 1 unspecified atom stereocenters. The van der Waals surface area contributed by atoms with Gasteiger partial charge < -0.3 is 5.32 Å². The van der Waals surface area contributed by atoms with Crippen LogP contribution in [0.15, 0.2) is 18.2 Å². The Balaban J connectivity index is 2.09. The van der Waals surface area contributed by atoms with E-state index in [0.717, 1.165) is 23.9 Å². The molecule has 0 bridgehead atoms. The van der Waals surface area contributed by atoms with Gasteiger partial charge in [0.2, 0.25) is 0 Å². The van der Waals surface area contributed by atoms with Gasteiger partial charge in [0, 0.05) is 5.02 Å². The summed E-state index contributed by atoms with van der Waals surface area (Å²) in [7, 11) is 0. The minimum Gasteiger partial charge on any atom is -0.316 e. The van der Waals surface area contributed by atoms with E-state index in [0.29, 0.717) is 0 Å². The molecule has 0 saturated carbocycles. The summed E-state index contributed by atoms with van der Waals surface area (Å²) in [5.41, 5.74) is 2.67. The third-order valence-corrected chi connectivity index (χ3v) is 3.60. The predicted octanol–water partition coefficient (Wildman–Crippen LogP) is 3.19. The van der Waals surface area contributed by atoms with E-state index in [-0.39, 0.29) is 0 Å². The molecule has 1 heterocycles. The Morgan fingerprint density at radius 3 is 3.00 bits per heavy atom. The highest BCUT2D eigenvalue weighted by Crippen LogP contribution is 2.25. The zero-order chi connectivity index (χ0) is 10.7. The molecule has 1 atom stereocenters. The van der Waals surface area contributed by atoms with E-state index in [9.17, 15) is 0 Å². The lowest BCUT2D eigenvalue weighted by atomic mass is 9.90. The van der Waals surface area contributed by atoms with Gasteiger partial charge in [-0.15, -0.1) is 0 Å². The lowest BCUT2D eigenvalue weighted by Crippen LogP contribution is -2.31. The van der Waals surface area contributed by atoms with Gasteiger partial charge in [-0.25, -0.2) is 0 Å². The molecule has 1 aliphatic rings. The van der Waals surface area contributed by atoms with Crippen LogP contribution in [0.25, 0.3) is 0 Å². The monoisotopic (exact) mass is 223 g/mol. The van der Waals surface area contributed by atoms with Gasteiger partial charge in [-0.05, 0) is 62.4 Å². The molecule has 82 valence electrons. The van der Waals surface area contributed by atoms with Crippen molar-refractivity contribution in [3.63, 3.8) is 0 Å². The Hall–Kier alpha value is -0.530. The van der Waals surface area contributed by atoms with Crippen molar-refractivity contribution in [3.05, 3.63) is 34.3 Å². The number of aryl methyl sites for hydroxylation is 1. The van der Waals surface area contributed by atoms with Gasteiger partial charge in [-0.3, -0.25) is 0 Å². The van der Waals surface area contributed by atoms with Gasteiger partial charge in [-0.1, -0.05) is 23.7 Å². The number of benzene rings is 1. The SMILES string of the molecule is Cc1cccc(Cl)c1CC1CCCNC1. The van der Waals surface area contributed by atoms with Crippen LogP contribution >= 0.6 is 11.6 Å². The fourth-order valence-corrected chi connectivity index (χ4v) is 2.61. The van der Waals surface area contributed by atoms with Crippen LogP contribution in [0, 0.1) is 12.8 Å². The summed E-state index contributed by atoms with van der Waals surface area (Å²) in [6.45, 7) is 4.47. The Morgan fingerprint density at radius 1 is 1.47 bits per heavy atom. The third-order valence-electron chi connectivity index (χ3n) is 3.24. The summed E-state index contributed by atoms with van der Waals surface area (Å²) >= 11 is 6.23. The van der Waals surface area contributed by atoms with Crippen LogP contribution in [0.4, 0.5) is 0 Å². The molecular formula is C13H18ClN. The number of hydrogen-bond acceptors (Lipinski definition) is 1. The number of piperidine rings is 1. The van der Waals surface area contributed by atoms with E-state index in [1.54, 1.807) is 0 Å². The Bertz CT molecular complexity index is 309. The molecule has 1 saturated heterocycles. The molecule has 1 N–H and O–H groups in total. The molecule has 1 fully saturated rings. The first kappa shape index (κ1) is 11.0. The van der Waals surface area contributed by atoms with Crippen molar-refractivity contribution in [1.82, 2.24) is 5.32 Å². The second-order valence-corrected chi connectivity index (χ2v) is 4.86. The molecule has 2 rings (SSSR count). The second-order valence-electron chi connectivity index (χ2n) is 4.45. The minimum atomic E-state index is 0.761. The van der Waals surface area contributed by atoms with Gasteiger partial charge in [-0.2, -0.15) is 0 Å². The Morgan fingerprint density at radius 2 is 2.33 bits per heavy atom. The van der Waals surface area contributed by atoms with E-state index in [1.165, 1.54) is 30.5 Å². The highest BCUT2D eigenvalue weighted by Gasteiger charge is 2.15. The van der Waals surface area contributed by atoms with E-state index >= 15 is 0 Å². The molecule has 1 aliphatic heterocycles. The Labute approximate surface area is 96.8 Å². The van der Waals surface area contributed by atoms with Gasteiger partial charge >= 0.3 is 0 Å². The largest absolute Gasteiger partial charge is 0.316 e. The van der Waals surface area contributed by atoms with Crippen molar-refractivity contribution >= 4 is 11.6 Å². The number of halogens is 1. The molecule has 2 heteroatoms. The average molecular weight is 224 g/mol. The molecule has 1 aromatic rings. The highest BCUT2D eigenvalue weighted by atomic mass is 35.5. The first-order valence-corrected chi connectivity index (χ1v) is 6.10.